The van der Waals surface area contributed by atoms with Gasteiger partial charge in [0, 0.05) is 46.1 Å². The Bertz CT molecular complexity index is 430. The number of rotatable bonds is 4. The van der Waals surface area contributed by atoms with Gasteiger partial charge in [-0.3, -0.25) is 9.59 Å². The minimum absolute atomic E-state index is 0.0320. The number of carbonyl (C=O) groups excluding carboxylic acids is 2. The second kappa shape index (κ2) is 7.65. The van der Waals surface area contributed by atoms with E-state index in [0.717, 1.165) is 32.5 Å². The molecular formula is C18H32N2O3. The molecule has 132 valence electrons. The van der Waals surface area contributed by atoms with Gasteiger partial charge >= 0.3 is 0 Å². The molecule has 2 saturated heterocycles. The average molecular weight is 324 g/mol. The molecule has 5 nitrogen and oxygen atoms in total. The zero-order chi connectivity index (χ0) is 17.0. The van der Waals surface area contributed by atoms with Crippen LogP contribution in [0, 0.1) is 17.3 Å². The van der Waals surface area contributed by atoms with E-state index >= 15 is 0 Å². The number of nitrogens with zero attached hydrogens (tertiary/aromatic N) is 2. The number of hydrogen-bond donors (Lipinski definition) is 0. The fourth-order valence-corrected chi connectivity index (χ4v) is 3.71. The summed E-state index contributed by atoms with van der Waals surface area (Å²) < 4.78 is 5.10. The smallest absolute Gasteiger partial charge is 0.223 e. The summed E-state index contributed by atoms with van der Waals surface area (Å²) in [7, 11) is 1.67. The second-order valence-electron chi connectivity index (χ2n) is 8.25. The number of piperidine rings is 1. The van der Waals surface area contributed by atoms with E-state index in [1.165, 1.54) is 0 Å². The molecule has 5 heteroatoms. The maximum absolute atomic E-state index is 12.5. The molecule has 2 aliphatic heterocycles. The lowest BCUT2D eigenvalue weighted by molar-refractivity contribution is -0.136. The number of ether oxygens (including phenoxy) is 1. The number of methoxy groups -OCH3 is 1. The van der Waals surface area contributed by atoms with Crippen molar-refractivity contribution in [3.8, 4) is 0 Å². The molecule has 2 fully saturated rings. The summed E-state index contributed by atoms with van der Waals surface area (Å²) in [5.74, 6) is 1.42. The lowest BCUT2D eigenvalue weighted by atomic mass is 9.81. The van der Waals surface area contributed by atoms with Gasteiger partial charge in [-0.2, -0.15) is 0 Å². The van der Waals surface area contributed by atoms with Crippen LogP contribution < -0.4 is 0 Å². The molecule has 0 aromatic rings. The molecule has 0 N–H and O–H groups in total. The Labute approximate surface area is 140 Å². The number of fused-ring (bicyclic) bond motifs is 1. The van der Waals surface area contributed by atoms with Gasteiger partial charge in [-0.05, 0) is 30.1 Å². The average Bonchev–Trinajstić information content (AvgIpc) is 2.61. The van der Waals surface area contributed by atoms with Gasteiger partial charge in [0.15, 0.2) is 0 Å². The van der Waals surface area contributed by atoms with Crippen LogP contribution in [0.5, 0.6) is 0 Å². The third kappa shape index (κ3) is 5.20. The molecule has 0 unspecified atom stereocenters. The van der Waals surface area contributed by atoms with Crippen molar-refractivity contribution in [1.82, 2.24) is 9.80 Å². The summed E-state index contributed by atoms with van der Waals surface area (Å²) in [5.41, 5.74) is 0.0320. The zero-order valence-electron chi connectivity index (χ0n) is 15.1. The normalized spacial score (nSPS) is 26.0. The monoisotopic (exact) mass is 324 g/mol. The van der Waals surface area contributed by atoms with Crippen molar-refractivity contribution in [2.24, 2.45) is 17.3 Å². The maximum Gasteiger partial charge on any atom is 0.223 e. The number of amides is 2. The van der Waals surface area contributed by atoms with Crippen LogP contribution in [0.25, 0.3) is 0 Å². The van der Waals surface area contributed by atoms with Crippen LogP contribution in [0.2, 0.25) is 0 Å². The molecule has 2 heterocycles. The quantitative estimate of drug-likeness (QED) is 0.796. The lowest BCUT2D eigenvalue weighted by Crippen LogP contribution is -2.44. The molecule has 23 heavy (non-hydrogen) atoms. The Morgan fingerprint density at radius 3 is 2.57 bits per heavy atom. The highest BCUT2D eigenvalue weighted by molar-refractivity contribution is 5.78. The van der Waals surface area contributed by atoms with E-state index in [2.05, 4.69) is 20.8 Å². The standard InChI is InChI=1S/C18H32N2O3/c1-18(2,3)12-17(22)20-8-5-14-11-16(21)19(9-10-23-4)7-6-15(14)13-20/h14-15H,5-13H2,1-4H3/t14-,15-/m0/s1. The van der Waals surface area contributed by atoms with Gasteiger partial charge in [0.25, 0.3) is 0 Å². The minimum atomic E-state index is 0.0320. The van der Waals surface area contributed by atoms with Gasteiger partial charge in [0.1, 0.15) is 0 Å². The van der Waals surface area contributed by atoms with Crippen molar-refractivity contribution in [1.29, 1.82) is 0 Å². The van der Waals surface area contributed by atoms with Crippen LogP contribution in [0.4, 0.5) is 0 Å². The summed E-state index contributed by atoms with van der Waals surface area (Å²) >= 11 is 0. The van der Waals surface area contributed by atoms with Gasteiger partial charge in [-0.15, -0.1) is 0 Å². The highest BCUT2D eigenvalue weighted by Gasteiger charge is 2.36. The fourth-order valence-electron chi connectivity index (χ4n) is 3.71. The van der Waals surface area contributed by atoms with Crippen molar-refractivity contribution in [3.63, 3.8) is 0 Å². The molecule has 2 aliphatic rings. The molecule has 0 spiro atoms. The molecule has 0 radical (unpaired) electrons. The van der Waals surface area contributed by atoms with Gasteiger partial charge in [0.2, 0.25) is 11.8 Å². The first-order valence-electron chi connectivity index (χ1n) is 8.84. The van der Waals surface area contributed by atoms with Crippen LogP contribution in [-0.2, 0) is 14.3 Å². The molecule has 0 aromatic heterocycles. The van der Waals surface area contributed by atoms with E-state index in [1.807, 2.05) is 9.80 Å². The van der Waals surface area contributed by atoms with Crippen LogP contribution >= 0.6 is 0 Å². The van der Waals surface area contributed by atoms with Gasteiger partial charge in [-0.1, -0.05) is 20.8 Å². The van der Waals surface area contributed by atoms with Crippen molar-refractivity contribution in [3.05, 3.63) is 0 Å². The summed E-state index contributed by atoms with van der Waals surface area (Å²) in [6, 6.07) is 0. The maximum atomic E-state index is 12.5. The summed E-state index contributed by atoms with van der Waals surface area (Å²) in [5, 5.41) is 0. The summed E-state index contributed by atoms with van der Waals surface area (Å²) in [6.45, 7) is 10.0. The Balaban J connectivity index is 1.93. The van der Waals surface area contributed by atoms with Crippen molar-refractivity contribution in [2.75, 3.05) is 39.9 Å². The number of hydrogen-bond acceptors (Lipinski definition) is 3. The Hall–Kier alpha value is -1.10. The summed E-state index contributed by atoms with van der Waals surface area (Å²) in [4.78, 5) is 28.8. The molecule has 2 atom stereocenters. The number of likely N-dealkylation sites (tertiary alicyclic amines) is 2. The Morgan fingerprint density at radius 1 is 1.22 bits per heavy atom. The molecule has 0 bridgehead atoms. The molecule has 2 amide bonds. The van der Waals surface area contributed by atoms with E-state index in [4.69, 9.17) is 4.74 Å². The predicted octanol–water partition coefficient (Wildman–Crippen LogP) is 2.16. The van der Waals surface area contributed by atoms with Crippen LogP contribution in [-0.4, -0.2) is 61.5 Å². The Kier molecular flexibility index (Phi) is 6.06. The first-order valence-corrected chi connectivity index (χ1v) is 8.84. The van der Waals surface area contributed by atoms with E-state index in [9.17, 15) is 9.59 Å². The van der Waals surface area contributed by atoms with Gasteiger partial charge in [0.05, 0.1) is 6.61 Å². The molecular weight excluding hydrogens is 292 g/mol. The fraction of sp³-hybridized carbons (Fsp3) is 0.889. The van der Waals surface area contributed by atoms with Gasteiger partial charge < -0.3 is 14.5 Å². The first kappa shape index (κ1) is 18.2. The zero-order valence-corrected chi connectivity index (χ0v) is 15.1. The van der Waals surface area contributed by atoms with Crippen molar-refractivity contribution in [2.45, 2.75) is 46.5 Å². The topological polar surface area (TPSA) is 49.9 Å². The third-order valence-electron chi connectivity index (χ3n) is 5.05. The second-order valence-corrected chi connectivity index (χ2v) is 8.25. The third-order valence-corrected chi connectivity index (χ3v) is 5.05. The van der Waals surface area contributed by atoms with E-state index in [1.54, 1.807) is 7.11 Å². The lowest BCUT2D eigenvalue weighted by Gasteiger charge is -2.38. The van der Waals surface area contributed by atoms with Crippen molar-refractivity contribution < 1.29 is 14.3 Å². The van der Waals surface area contributed by atoms with Gasteiger partial charge in [-0.25, -0.2) is 0 Å². The minimum Gasteiger partial charge on any atom is -0.383 e. The first-order chi connectivity index (χ1) is 10.8. The Morgan fingerprint density at radius 2 is 1.91 bits per heavy atom. The van der Waals surface area contributed by atoms with Crippen LogP contribution in [0.3, 0.4) is 0 Å². The molecule has 2 rings (SSSR count). The SMILES string of the molecule is COCCN1CC[C@H]2CN(C(=O)CC(C)(C)C)CC[C@H]2CC1=O. The molecule has 0 aromatic carbocycles. The molecule has 0 saturated carbocycles. The summed E-state index contributed by atoms with van der Waals surface area (Å²) in [6.07, 6.45) is 3.20. The van der Waals surface area contributed by atoms with E-state index in [-0.39, 0.29) is 17.2 Å². The van der Waals surface area contributed by atoms with Crippen LogP contribution in [0.1, 0.15) is 46.5 Å². The van der Waals surface area contributed by atoms with E-state index < -0.39 is 0 Å². The van der Waals surface area contributed by atoms with E-state index in [0.29, 0.717) is 37.8 Å². The molecule has 0 aliphatic carbocycles. The number of carbonyl (C=O) groups is 2. The van der Waals surface area contributed by atoms with Crippen LogP contribution in [0.15, 0.2) is 0 Å². The highest BCUT2D eigenvalue weighted by Crippen LogP contribution is 2.33. The highest BCUT2D eigenvalue weighted by atomic mass is 16.5. The van der Waals surface area contributed by atoms with Crippen molar-refractivity contribution >= 4 is 11.8 Å². The largest absolute Gasteiger partial charge is 0.383 e. The predicted molar refractivity (Wildman–Crippen MR) is 89.9 cm³/mol.